The summed E-state index contributed by atoms with van der Waals surface area (Å²) in [6.45, 7) is 9.38. The molecule has 15 heavy (non-hydrogen) atoms. The van der Waals surface area contributed by atoms with E-state index < -0.39 is 0 Å². The van der Waals surface area contributed by atoms with Crippen LogP contribution in [0.1, 0.15) is 33.6 Å². The molecule has 0 aliphatic carbocycles. The Kier molecular flexibility index (Phi) is 8.33. The number of hydrogen-bond donors (Lipinski definition) is 2. The van der Waals surface area contributed by atoms with E-state index in [1.54, 1.807) is 0 Å². The van der Waals surface area contributed by atoms with Gasteiger partial charge in [-0.1, -0.05) is 13.8 Å². The highest BCUT2D eigenvalue weighted by Crippen LogP contribution is 2.04. The number of carbonyl (C=O) groups is 1. The largest absolute Gasteiger partial charge is 0.356 e. The second-order valence-electron chi connectivity index (χ2n) is 3.68. The topological polar surface area (TPSA) is 58.4 Å². The van der Waals surface area contributed by atoms with Gasteiger partial charge < -0.3 is 11.1 Å². The van der Waals surface area contributed by atoms with E-state index in [1.807, 2.05) is 6.92 Å². The zero-order chi connectivity index (χ0) is 11.7. The van der Waals surface area contributed by atoms with Crippen molar-refractivity contribution in [2.75, 3.05) is 26.2 Å². The van der Waals surface area contributed by atoms with Crippen LogP contribution in [0.2, 0.25) is 0 Å². The molecule has 0 heterocycles. The van der Waals surface area contributed by atoms with Gasteiger partial charge in [0.05, 0.1) is 0 Å². The minimum absolute atomic E-state index is 0.0995. The first-order chi connectivity index (χ1) is 7.19. The average molecular weight is 215 g/mol. The van der Waals surface area contributed by atoms with Crippen molar-refractivity contribution in [1.82, 2.24) is 10.2 Å². The number of nitrogens with zero attached hydrogens (tertiary/aromatic N) is 1. The Balaban J connectivity index is 4.13. The van der Waals surface area contributed by atoms with E-state index >= 15 is 0 Å². The molecule has 0 aromatic rings. The smallest absolute Gasteiger partial charge is 0.221 e. The fraction of sp³-hybridized carbons (Fsp3) is 0.909. The molecule has 0 radical (unpaired) electrons. The maximum absolute atomic E-state index is 11.4. The molecule has 0 saturated carbocycles. The van der Waals surface area contributed by atoms with Crippen LogP contribution in [-0.4, -0.2) is 43.0 Å². The molecular formula is C11H25N3O. The molecule has 1 amide bonds. The SMILES string of the molecule is CCCN(CC)C(CN)CC(=O)NCC. The van der Waals surface area contributed by atoms with Gasteiger partial charge in [0.15, 0.2) is 0 Å². The predicted molar refractivity (Wildman–Crippen MR) is 63.7 cm³/mol. The Morgan fingerprint density at radius 3 is 2.47 bits per heavy atom. The summed E-state index contributed by atoms with van der Waals surface area (Å²) in [7, 11) is 0. The number of likely N-dealkylation sites (N-methyl/N-ethyl adjacent to an activating group) is 1. The molecule has 90 valence electrons. The lowest BCUT2D eigenvalue weighted by Crippen LogP contribution is -2.44. The Labute approximate surface area is 93.2 Å². The minimum Gasteiger partial charge on any atom is -0.356 e. The van der Waals surface area contributed by atoms with Gasteiger partial charge in [-0.2, -0.15) is 0 Å². The van der Waals surface area contributed by atoms with Crippen molar-refractivity contribution in [3.05, 3.63) is 0 Å². The van der Waals surface area contributed by atoms with Gasteiger partial charge in [0.2, 0.25) is 5.91 Å². The number of hydrogen-bond acceptors (Lipinski definition) is 3. The van der Waals surface area contributed by atoms with E-state index in [4.69, 9.17) is 5.73 Å². The lowest BCUT2D eigenvalue weighted by molar-refractivity contribution is -0.122. The molecule has 0 bridgehead atoms. The summed E-state index contributed by atoms with van der Waals surface area (Å²) in [5.74, 6) is 0.0995. The summed E-state index contributed by atoms with van der Waals surface area (Å²) in [4.78, 5) is 13.7. The second-order valence-corrected chi connectivity index (χ2v) is 3.68. The number of nitrogens with two attached hydrogens (primary N) is 1. The van der Waals surface area contributed by atoms with Crippen LogP contribution in [-0.2, 0) is 4.79 Å². The molecule has 0 aliphatic rings. The van der Waals surface area contributed by atoms with Crippen LogP contribution in [0.3, 0.4) is 0 Å². The van der Waals surface area contributed by atoms with Crippen molar-refractivity contribution < 1.29 is 4.79 Å². The maximum Gasteiger partial charge on any atom is 0.221 e. The van der Waals surface area contributed by atoms with Crippen LogP contribution in [0.25, 0.3) is 0 Å². The van der Waals surface area contributed by atoms with E-state index in [0.29, 0.717) is 19.5 Å². The molecular weight excluding hydrogens is 190 g/mol. The highest BCUT2D eigenvalue weighted by molar-refractivity contribution is 5.76. The van der Waals surface area contributed by atoms with Crippen LogP contribution in [0.5, 0.6) is 0 Å². The van der Waals surface area contributed by atoms with Gasteiger partial charge in [-0.25, -0.2) is 0 Å². The van der Waals surface area contributed by atoms with Crippen LogP contribution in [0.15, 0.2) is 0 Å². The van der Waals surface area contributed by atoms with Gasteiger partial charge in [-0.15, -0.1) is 0 Å². The molecule has 0 aliphatic heterocycles. The highest BCUT2D eigenvalue weighted by Gasteiger charge is 2.17. The van der Waals surface area contributed by atoms with Crippen molar-refractivity contribution in [1.29, 1.82) is 0 Å². The van der Waals surface area contributed by atoms with Crippen LogP contribution >= 0.6 is 0 Å². The Hall–Kier alpha value is -0.610. The molecule has 4 nitrogen and oxygen atoms in total. The average Bonchev–Trinajstić information content (AvgIpc) is 2.23. The number of nitrogens with one attached hydrogen (secondary N) is 1. The zero-order valence-corrected chi connectivity index (χ0v) is 10.3. The molecule has 0 aromatic carbocycles. The van der Waals surface area contributed by atoms with Gasteiger partial charge in [-0.05, 0) is 26.4 Å². The predicted octanol–water partition coefficient (Wildman–Crippen LogP) is 0.572. The molecule has 3 N–H and O–H groups in total. The third-order valence-corrected chi connectivity index (χ3v) is 2.50. The summed E-state index contributed by atoms with van der Waals surface area (Å²) in [5, 5.41) is 2.81. The Morgan fingerprint density at radius 1 is 1.40 bits per heavy atom. The third-order valence-electron chi connectivity index (χ3n) is 2.50. The van der Waals surface area contributed by atoms with Crippen LogP contribution in [0.4, 0.5) is 0 Å². The van der Waals surface area contributed by atoms with Crippen molar-refractivity contribution in [3.63, 3.8) is 0 Å². The lowest BCUT2D eigenvalue weighted by atomic mass is 10.1. The van der Waals surface area contributed by atoms with Gasteiger partial charge >= 0.3 is 0 Å². The normalized spacial score (nSPS) is 12.9. The summed E-state index contributed by atoms with van der Waals surface area (Å²) in [5.41, 5.74) is 5.70. The third kappa shape index (κ3) is 5.74. The molecule has 0 saturated heterocycles. The first kappa shape index (κ1) is 14.4. The summed E-state index contributed by atoms with van der Waals surface area (Å²) >= 11 is 0. The lowest BCUT2D eigenvalue weighted by Gasteiger charge is -2.28. The van der Waals surface area contributed by atoms with Gasteiger partial charge in [0.25, 0.3) is 0 Å². The monoisotopic (exact) mass is 215 g/mol. The molecule has 4 heteroatoms. The Morgan fingerprint density at radius 2 is 2.07 bits per heavy atom. The highest BCUT2D eigenvalue weighted by atomic mass is 16.1. The second kappa shape index (κ2) is 8.68. The summed E-state index contributed by atoms with van der Waals surface area (Å²) < 4.78 is 0. The zero-order valence-electron chi connectivity index (χ0n) is 10.3. The quantitative estimate of drug-likeness (QED) is 0.622. The van der Waals surface area contributed by atoms with Gasteiger partial charge in [0.1, 0.15) is 0 Å². The summed E-state index contributed by atoms with van der Waals surface area (Å²) in [6.07, 6.45) is 1.61. The minimum atomic E-state index is 0.0995. The van der Waals surface area contributed by atoms with Gasteiger partial charge in [-0.3, -0.25) is 9.69 Å². The first-order valence-electron chi connectivity index (χ1n) is 5.90. The van der Waals surface area contributed by atoms with Crippen molar-refractivity contribution in [2.45, 2.75) is 39.7 Å². The fourth-order valence-electron chi connectivity index (χ4n) is 1.73. The number of carbonyl (C=O) groups excluding carboxylic acids is 1. The Bertz CT molecular complexity index is 173. The standard InChI is InChI=1S/C11H25N3O/c1-4-7-14(6-3)10(9-12)8-11(15)13-5-2/h10H,4-9,12H2,1-3H3,(H,13,15). The fourth-order valence-corrected chi connectivity index (χ4v) is 1.73. The molecule has 0 aromatic heterocycles. The number of rotatable bonds is 8. The summed E-state index contributed by atoms with van der Waals surface area (Å²) in [6, 6.07) is 0.182. The van der Waals surface area contributed by atoms with Crippen molar-refractivity contribution >= 4 is 5.91 Å². The molecule has 0 spiro atoms. The van der Waals surface area contributed by atoms with Crippen molar-refractivity contribution in [2.24, 2.45) is 5.73 Å². The van der Waals surface area contributed by atoms with E-state index in [9.17, 15) is 4.79 Å². The van der Waals surface area contributed by atoms with E-state index in [0.717, 1.165) is 19.5 Å². The first-order valence-corrected chi connectivity index (χ1v) is 5.90. The van der Waals surface area contributed by atoms with Crippen LogP contribution in [0, 0.1) is 0 Å². The van der Waals surface area contributed by atoms with E-state index in [2.05, 4.69) is 24.1 Å². The number of amides is 1. The molecule has 0 fully saturated rings. The molecule has 0 rings (SSSR count). The van der Waals surface area contributed by atoms with Crippen LogP contribution < -0.4 is 11.1 Å². The van der Waals surface area contributed by atoms with Gasteiger partial charge in [0, 0.05) is 25.6 Å². The van der Waals surface area contributed by atoms with E-state index in [1.165, 1.54) is 0 Å². The van der Waals surface area contributed by atoms with E-state index in [-0.39, 0.29) is 11.9 Å². The maximum atomic E-state index is 11.4. The molecule has 1 atom stereocenters. The van der Waals surface area contributed by atoms with Crippen molar-refractivity contribution in [3.8, 4) is 0 Å². The molecule has 1 unspecified atom stereocenters.